The van der Waals surface area contributed by atoms with E-state index in [-0.39, 0.29) is 6.29 Å². The van der Waals surface area contributed by atoms with Crippen molar-refractivity contribution in [3.8, 4) is 6.07 Å². The Morgan fingerprint density at radius 1 is 1.16 bits per heavy atom. The Labute approximate surface area is 115 Å². The van der Waals surface area contributed by atoms with Crippen molar-refractivity contribution in [2.24, 2.45) is 0 Å². The van der Waals surface area contributed by atoms with Crippen LogP contribution >= 0.6 is 0 Å². The third kappa shape index (κ3) is 6.35. The van der Waals surface area contributed by atoms with Crippen LogP contribution in [-0.4, -0.2) is 26.0 Å². The van der Waals surface area contributed by atoms with Gasteiger partial charge in [0, 0.05) is 32.7 Å². The number of benzene rings is 1. The maximum atomic E-state index is 8.71. The predicted octanol–water partition coefficient (Wildman–Crippen LogP) is 2.44. The zero-order valence-corrected chi connectivity index (χ0v) is 11.7. The predicted molar refractivity (Wildman–Crippen MR) is 74.5 cm³/mol. The molecule has 0 aliphatic carbocycles. The number of ether oxygens (including phenoxy) is 2. The van der Waals surface area contributed by atoms with Gasteiger partial charge < -0.3 is 14.8 Å². The number of nitrogens with one attached hydrogen (secondary N) is 1. The zero-order valence-electron chi connectivity index (χ0n) is 11.7. The fraction of sp³-hybridized carbons (Fsp3) is 0.533. The highest BCUT2D eigenvalue weighted by Gasteiger charge is 2.06. The Balaban J connectivity index is 2.23. The molecule has 1 aromatic carbocycles. The Bertz CT molecular complexity index is 378. The molecule has 4 nitrogen and oxygen atoms in total. The van der Waals surface area contributed by atoms with E-state index in [2.05, 4.69) is 11.4 Å². The van der Waals surface area contributed by atoms with E-state index in [1.165, 1.54) is 5.56 Å². The summed E-state index contributed by atoms with van der Waals surface area (Å²) in [5, 5.41) is 12.1. The second-order valence-electron chi connectivity index (χ2n) is 4.11. The molecule has 4 heteroatoms. The fourth-order valence-corrected chi connectivity index (χ4v) is 1.74. The lowest BCUT2D eigenvalue weighted by molar-refractivity contribution is -0.138. The number of hydrogen-bond donors (Lipinski definition) is 1. The van der Waals surface area contributed by atoms with E-state index in [0.717, 1.165) is 19.5 Å². The van der Waals surface area contributed by atoms with Crippen LogP contribution in [0.15, 0.2) is 24.3 Å². The first kappa shape index (κ1) is 15.6. The lowest BCUT2D eigenvalue weighted by Gasteiger charge is -2.17. The molecule has 1 aromatic rings. The summed E-state index contributed by atoms with van der Waals surface area (Å²) >= 11 is 0. The minimum Gasteiger partial charge on any atom is -0.353 e. The highest BCUT2D eigenvalue weighted by Crippen LogP contribution is 2.04. The zero-order chi connectivity index (χ0) is 13.9. The molecule has 0 spiro atoms. The lowest BCUT2D eigenvalue weighted by atomic mass is 10.1. The van der Waals surface area contributed by atoms with Gasteiger partial charge in [0.05, 0.1) is 11.6 Å². The summed E-state index contributed by atoms with van der Waals surface area (Å²) in [5.41, 5.74) is 1.86. The molecule has 0 radical (unpaired) electrons. The van der Waals surface area contributed by atoms with Crippen molar-refractivity contribution in [1.82, 2.24) is 5.32 Å². The Morgan fingerprint density at radius 3 is 2.32 bits per heavy atom. The summed E-state index contributed by atoms with van der Waals surface area (Å²) in [7, 11) is 0. The molecule has 0 amide bonds. The van der Waals surface area contributed by atoms with Crippen molar-refractivity contribution in [3.63, 3.8) is 0 Å². The van der Waals surface area contributed by atoms with Gasteiger partial charge in [-0.15, -0.1) is 0 Å². The van der Waals surface area contributed by atoms with Crippen LogP contribution in [0.1, 0.15) is 31.4 Å². The largest absolute Gasteiger partial charge is 0.353 e. The molecule has 0 aromatic heterocycles. The third-order valence-corrected chi connectivity index (χ3v) is 2.67. The molecular formula is C15H22N2O2. The van der Waals surface area contributed by atoms with Gasteiger partial charge in [-0.2, -0.15) is 5.26 Å². The van der Waals surface area contributed by atoms with Crippen LogP contribution in [0.4, 0.5) is 0 Å². The van der Waals surface area contributed by atoms with Gasteiger partial charge in [0.1, 0.15) is 0 Å². The average molecular weight is 262 g/mol. The van der Waals surface area contributed by atoms with Crippen molar-refractivity contribution in [2.75, 3.05) is 19.8 Å². The van der Waals surface area contributed by atoms with Crippen LogP contribution in [0.25, 0.3) is 0 Å². The van der Waals surface area contributed by atoms with Crippen LogP contribution in [0.5, 0.6) is 0 Å². The second-order valence-corrected chi connectivity index (χ2v) is 4.11. The van der Waals surface area contributed by atoms with Gasteiger partial charge in [-0.3, -0.25) is 0 Å². The molecule has 0 atom stereocenters. The molecule has 0 saturated carbocycles. The SMILES string of the molecule is CCOC(CCNCc1ccc(C#N)cc1)OCC. The van der Waals surface area contributed by atoms with Crippen molar-refractivity contribution >= 4 is 0 Å². The van der Waals surface area contributed by atoms with Crippen molar-refractivity contribution in [1.29, 1.82) is 5.26 Å². The monoisotopic (exact) mass is 262 g/mol. The van der Waals surface area contributed by atoms with Gasteiger partial charge in [-0.25, -0.2) is 0 Å². The van der Waals surface area contributed by atoms with Gasteiger partial charge in [0.15, 0.2) is 6.29 Å². The van der Waals surface area contributed by atoms with E-state index in [1.807, 2.05) is 38.1 Å². The summed E-state index contributed by atoms with van der Waals surface area (Å²) in [5.74, 6) is 0. The molecule has 1 rings (SSSR count). The van der Waals surface area contributed by atoms with Crippen LogP contribution < -0.4 is 5.32 Å². The first-order chi connectivity index (χ1) is 9.30. The third-order valence-electron chi connectivity index (χ3n) is 2.67. The molecule has 104 valence electrons. The topological polar surface area (TPSA) is 54.3 Å². The van der Waals surface area contributed by atoms with E-state index in [9.17, 15) is 0 Å². The van der Waals surface area contributed by atoms with Crippen LogP contribution in [0.3, 0.4) is 0 Å². The molecule has 0 unspecified atom stereocenters. The average Bonchev–Trinajstić information content (AvgIpc) is 2.44. The van der Waals surface area contributed by atoms with Crippen LogP contribution in [-0.2, 0) is 16.0 Å². The number of nitriles is 1. The smallest absolute Gasteiger partial charge is 0.158 e. The summed E-state index contributed by atoms with van der Waals surface area (Å²) in [4.78, 5) is 0. The van der Waals surface area contributed by atoms with Gasteiger partial charge in [0.2, 0.25) is 0 Å². The Hall–Kier alpha value is -1.41. The van der Waals surface area contributed by atoms with Crippen molar-refractivity contribution < 1.29 is 9.47 Å². The maximum Gasteiger partial charge on any atom is 0.158 e. The number of hydrogen-bond acceptors (Lipinski definition) is 4. The first-order valence-corrected chi connectivity index (χ1v) is 6.73. The highest BCUT2D eigenvalue weighted by atomic mass is 16.7. The number of nitrogens with zero attached hydrogens (tertiary/aromatic N) is 1. The molecule has 0 saturated heterocycles. The fourth-order valence-electron chi connectivity index (χ4n) is 1.74. The van der Waals surface area contributed by atoms with E-state index in [4.69, 9.17) is 14.7 Å². The van der Waals surface area contributed by atoms with E-state index in [0.29, 0.717) is 18.8 Å². The lowest BCUT2D eigenvalue weighted by Crippen LogP contribution is -2.24. The van der Waals surface area contributed by atoms with E-state index < -0.39 is 0 Å². The standard InChI is InChI=1S/C15H22N2O2/c1-3-18-15(19-4-2)9-10-17-12-14-7-5-13(11-16)6-8-14/h5-8,15,17H,3-4,9-10,12H2,1-2H3. The summed E-state index contributed by atoms with van der Waals surface area (Å²) < 4.78 is 10.9. The van der Waals surface area contributed by atoms with Gasteiger partial charge in [-0.05, 0) is 31.5 Å². The molecule has 0 bridgehead atoms. The van der Waals surface area contributed by atoms with Crippen LogP contribution in [0.2, 0.25) is 0 Å². The summed E-state index contributed by atoms with van der Waals surface area (Å²) in [6, 6.07) is 9.71. The van der Waals surface area contributed by atoms with E-state index >= 15 is 0 Å². The van der Waals surface area contributed by atoms with Gasteiger partial charge >= 0.3 is 0 Å². The molecule has 0 heterocycles. The second kappa shape index (κ2) is 9.51. The molecule has 0 aliphatic rings. The maximum absolute atomic E-state index is 8.71. The minimum atomic E-state index is -0.122. The Kier molecular flexibility index (Phi) is 7.83. The summed E-state index contributed by atoms with van der Waals surface area (Å²) in [6.07, 6.45) is 0.710. The van der Waals surface area contributed by atoms with Crippen molar-refractivity contribution in [3.05, 3.63) is 35.4 Å². The molecule has 19 heavy (non-hydrogen) atoms. The number of rotatable bonds is 9. The molecular weight excluding hydrogens is 240 g/mol. The van der Waals surface area contributed by atoms with Crippen LogP contribution in [0, 0.1) is 11.3 Å². The normalized spacial score (nSPS) is 10.6. The van der Waals surface area contributed by atoms with Gasteiger partial charge in [0.25, 0.3) is 0 Å². The molecule has 1 N–H and O–H groups in total. The molecule has 0 fully saturated rings. The molecule has 0 aliphatic heterocycles. The first-order valence-electron chi connectivity index (χ1n) is 6.73. The van der Waals surface area contributed by atoms with Crippen molar-refractivity contribution in [2.45, 2.75) is 33.1 Å². The Morgan fingerprint density at radius 2 is 1.79 bits per heavy atom. The highest BCUT2D eigenvalue weighted by molar-refractivity contribution is 5.31. The van der Waals surface area contributed by atoms with E-state index in [1.54, 1.807) is 0 Å². The minimum absolute atomic E-state index is 0.122. The summed E-state index contributed by atoms with van der Waals surface area (Å²) in [6.45, 7) is 6.90. The quantitative estimate of drug-likeness (QED) is 0.548. The van der Waals surface area contributed by atoms with Gasteiger partial charge in [-0.1, -0.05) is 12.1 Å².